The number of hydrogen-bond acceptors (Lipinski definition) is 0. The van der Waals surface area contributed by atoms with Gasteiger partial charge in [0.05, 0.1) is 0 Å². The van der Waals surface area contributed by atoms with Gasteiger partial charge in [-0.2, -0.15) is 0 Å². The van der Waals surface area contributed by atoms with Crippen LogP contribution in [0.15, 0.2) is 97.1 Å². The van der Waals surface area contributed by atoms with Crippen molar-refractivity contribution in [3.05, 3.63) is 97.1 Å². The second kappa shape index (κ2) is 5.46. The number of rotatable bonds is 0. The average Bonchev–Trinajstić information content (AvgIpc) is 2.77. The maximum atomic E-state index is 3.50. The molecule has 1 N–H and O–H groups in total. The minimum Gasteiger partial charge on any atom is -0.356 e. The second-order valence-corrected chi connectivity index (χ2v) is 7.12. The van der Waals surface area contributed by atoms with E-state index in [0.717, 1.165) is 11.0 Å². The van der Waals surface area contributed by atoms with E-state index in [1.54, 1.807) is 0 Å². The van der Waals surface area contributed by atoms with Crippen LogP contribution in [-0.2, 0) is 0 Å². The Morgan fingerprint density at radius 1 is 0.370 bits per heavy atom. The zero-order valence-corrected chi connectivity index (χ0v) is 14.7. The largest absolute Gasteiger partial charge is 0.356 e. The van der Waals surface area contributed by atoms with Crippen LogP contribution >= 0.6 is 0 Å². The highest BCUT2D eigenvalue weighted by atomic mass is 14.7. The van der Waals surface area contributed by atoms with Crippen LogP contribution in [0.25, 0.3) is 54.1 Å². The molecule has 0 unspecified atom stereocenters. The molecule has 27 heavy (non-hydrogen) atoms. The van der Waals surface area contributed by atoms with E-state index in [-0.39, 0.29) is 0 Å². The van der Waals surface area contributed by atoms with Crippen LogP contribution in [-0.4, -0.2) is 4.98 Å². The molecule has 126 valence electrons. The fraction of sp³-hybridized carbons (Fsp3) is 0. The Labute approximate surface area is 156 Å². The molecule has 0 aliphatic heterocycles. The minimum absolute atomic E-state index is 1.11. The van der Waals surface area contributed by atoms with E-state index in [4.69, 9.17) is 0 Å². The summed E-state index contributed by atoms with van der Waals surface area (Å²) < 4.78 is 0. The third kappa shape index (κ3) is 2.12. The highest BCUT2D eigenvalue weighted by Gasteiger charge is 2.09. The molecule has 6 heterocycles. The van der Waals surface area contributed by atoms with E-state index < -0.39 is 0 Å². The lowest BCUT2D eigenvalue weighted by molar-refractivity contribution is 1.49. The van der Waals surface area contributed by atoms with E-state index in [0.29, 0.717) is 0 Å². The second-order valence-electron chi connectivity index (χ2n) is 7.12. The Morgan fingerprint density at radius 2 is 0.704 bits per heavy atom. The molecule has 0 aliphatic carbocycles. The van der Waals surface area contributed by atoms with Gasteiger partial charge in [0, 0.05) is 11.0 Å². The number of nitrogens with one attached hydrogen (secondary N) is 1. The molecule has 6 aromatic heterocycles. The molecule has 6 bridgehead atoms. The zero-order chi connectivity index (χ0) is 17.8. The standard InChI is InChI=1S/C26H17N/c1-2-6-22-21(5-1)25-17-9-13-19(14-10-17)27-20-15-11-18(12-16-20)26(22)24-8-4-3-7-23(24)25/h1-16,27H. The molecule has 0 radical (unpaired) electrons. The molecule has 1 nitrogen and oxygen atoms in total. The molecular weight excluding hydrogens is 326 g/mol. The van der Waals surface area contributed by atoms with Crippen LogP contribution in [0.4, 0.5) is 0 Å². The van der Waals surface area contributed by atoms with Crippen molar-refractivity contribution in [1.82, 2.24) is 4.98 Å². The smallest absolute Gasteiger partial charge is 0.0384 e. The van der Waals surface area contributed by atoms with E-state index in [9.17, 15) is 0 Å². The van der Waals surface area contributed by atoms with Crippen molar-refractivity contribution in [3.8, 4) is 0 Å². The molecule has 1 heteroatoms. The first-order valence-corrected chi connectivity index (χ1v) is 9.30. The van der Waals surface area contributed by atoms with Gasteiger partial charge in [-0.05, 0) is 67.4 Å². The topological polar surface area (TPSA) is 15.8 Å². The van der Waals surface area contributed by atoms with Crippen molar-refractivity contribution in [2.75, 3.05) is 0 Å². The van der Waals surface area contributed by atoms with E-state index in [1.807, 2.05) is 0 Å². The summed E-state index contributed by atoms with van der Waals surface area (Å²) in [7, 11) is 0. The van der Waals surface area contributed by atoms with Crippen LogP contribution in [0.5, 0.6) is 0 Å². The third-order valence-electron chi connectivity index (χ3n) is 5.57. The van der Waals surface area contributed by atoms with Gasteiger partial charge >= 0.3 is 0 Å². The number of benzene rings is 5. The highest BCUT2D eigenvalue weighted by molar-refractivity contribution is 6.31. The molecule has 5 aromatic carbocycles. The molecule has 0 saturated heterocycles. The van der Waals surface area contributed by atoms with Crippen molar-refractivity contribution in [1.29, 1.82) is 0 Å². The van der Waals surface area contributed by atoms with Gasteiger partial charge in [-0.15, -0.1) is 0 Å². The lowest BCUT2D eigenvalue weighted by Crippen LogP contribution is -1.83. The van der Waals surface area contributed by atoms with Crippen molar-refractivity contribution in [2.45, 2.75) is 0 Å². The van der Waals surface area contributed by atoms with Crippen LogP contribution in [0.3, 0.4) is 0 Å². The Hall–Kier alpha value is -3.58. The summed E-state index contributed by atoms with van der Waals surface area (Å²) in [6.45, 7) is 0. The van der Waals surface area contributed by atoms with Crippen molar-refractivity contribution < 1.29 is 0 Å². The molecule has 11 aromatic rings. The normalized spacial score (nSPS) is 11.7. The highest BCUT2D eigenvalue weighted by Crippen LogP contribution is 2.38. The van der Waals surface area contributed by atoms with Crippen LogP contribution < -0.4 is 0 Å². The average molecular weight is 343 g/mol. The summed E-state index contributed by atoms with van der Waals surface area (Å²) >= 11 is 0. The maximum absolute atomic E-state index is 3.50. The predicted octanol–water partition coefficient (Wildman–Crippen LogP) is 7.34. The Bertz CT molecular complexity index is 1310. The zero-order valence-electron chi connectivity index (χ0n) is 14.7. The van der Waals surface area contributed by atoms with Crippen molar-refractivity contribution in [3.63, 3.8) is 0 Å². The van der Waals surface area contributed by atoms with Crippen molar-refractivity contribution >= 4 is 54.1 Å². The van der Waals surface area contributed by atoms with Gasteiger partial charge in [-0.25, -0.2) is 0 Å². The molecule has 11 rings (SSSR count). The Kier molecular flexibility index (Phi) is 2.95. The lowest BCUT2D eigenvalue weighted by atomic mass is 9.92. The number of H-pyrrole nitrogens is 1. The Balaban J connectivity index is 2.13. The summed E-state index contributed by atoms with van der Waals surface area (Å²) in [5, 5.41) is 10.3. The SMILES string of the molecule is c1ccc2c(c1)c1c3ccc(cc3)[nH]c3ccc(cc3)c2c2ccccc21. The third-order valence-corrected chi connectivity index (χ3v) is 5.57. The van der Waals surface area contributed by atoms with Crippen LogP contribution in [0.1, 0.15) is 0 Å². The summed E-state index contributed by atoms with van der Waals surface area (Å²) in [6, 6.07) is 35.1. The van der Waals surface area contributed by atoms with Gasteiger partial charge in [-0.3, -0.25) is 0 Å². The fourth-order valence-corrected chi connectivity index (χ4v) is 4.36. The lowest BCUT2D eigenvalue weighted by Gasteiger charge is -2.11. The number of aromatic amines is 1. The van der Waals surface area contributed by atoms with Crippen LogP contribution in [0, 0.1) is 0 Å². The molecule has 0 amide bonds. The molecule has 0 saturated carbocycles. The summed E-state index contributed by atoms with van der Waals surface area (Å²) in [5.41, 5.74) is 2.21. The molecule has 0 fully saturated rings. The monoisotopic (exact) mass is 343 g/mol. The van der Waals surface area contributed by atoms with Crippen LogP contribution in [0.2, 0.25) is 0 Å². The van der Waals surface area contributed by atoms with Gasteiger partial charge in [0.1, 0.15) is 0 Å². The molecule has 0 atom stereocenters. The molecular formula is C26H17N. The first kappa shape index (κ1) is 14.6. The summed E-state index contributed by atoms with van der Waals surface area (Å²) in [5.74, 6) is 0. The molecule has 0 spiro atoms. The molecule has 0 aliphatic rings. The van der Waals surface area contributed by atoms with Gasteiger partial charge in [0.25, 0.3) is 0 Å². The first-order valence-electron chi connectivity index (χ1n) is 9.30. The summed E-state index contributed by atoms with van der Waals surface area (Å²) in [4.78, 5) is 3.50. The number of aromatic nitrogens is 1. The maximum Gasteiger partial charge on any atom is 0.0384 e. The number of hydrogen-bond donors (Lipinski definition) is 1. The van der Waals surface area contributed by atoms with Gasteiger partial charge in [0.15, 0.2) is 0 Å². The van der Waals surface area contributed by atoms with Crippen molar-refractivity contribution in [2.24, 2.45) is 0 Å². The van der Waals surface area contributed by atoms with Gasteiger partial charge < -0.3 is 4.98 Å². The van der Waals surface area contributed by atoms with E-state index in [2.05, 4.69) is 102 Å². The van der Waals surface area contributed by atoms with E-state index in [1.165, 1.54) is 43.1 Å². The first-order chi connectivity index (χ1) is 13.4. The Morgan fingerprint density at radius 3 is 1.04 bits per heavy atom. The predicted molar refractivity (Wildman–Crippen MR) is 117 cm³/mol. The minimum atomic E-state index is 1.11. The summed E-state index contributed by atoms with van der Waals surface area (Å²) in [6.07, 6.45) is 0. The van der Waals surface area contributed by atoms with Gasteiger partial charge in [0.2, 0.25) is 0 Å². The van der Waals surface area contributed by atoms with Gasteiger partial charge in [-0.1, -0.05) is 72.8 Å². The quantitative estimate of drug-likeness (QED) is 0.278. The van der Waals surface area contributed by atoms with E-state index >= 15 is 0 Å². The fourth-order valence-electron chi connectivity index (χ4n) is 4.36.